The third-order valence-corrected chi connectivity index (χ3v) is 11.2. The summed E-state index contributed by atoms with van der Waals surface area (Å²) in [6, 6.07) is 3.55. The Hall–Kier alpha value is -2.97. The van der Waals surface area contributed by atoms with Gasteiger partial charge < -0.3 is 25.0 Å². The van der Waals surface area contributed by atoms with Crippen molar-refractivity contribution in [3.63, 3.8) is 0 Å². The molecule has 14 heteroatoms. The van der Waals surface area contributed by atoms with Crippen LogP contribution in [0.15, 0.2) is 46.3 Å². The molecule has 246 valence electrons. The molecule has 5 rings (SSSR count). The molecule has 4 aliphatic rings. The highest BCUT2D eigenvalue weighted by Gasteiger charge is 2.62. The number of alkyl carbamates (subject to hydrolysis) is 1. The molecule has 8 atom stereocenters. The van der Waals surface area contributed by atoms with E-state index < -0.39 is 63.1 Å². The number of fused-ring (bicyclic) bond motifs is 1. The lowest BCUT2D eigenvalue weighted by molar-refractivity contribution is -0.148. The van der Waals surface area contributed by atoms with Gasteiger partial charge in [0.05, 0.1) is 18.1 Å². The second-order valence-electron chi connectivity index (χ2n) is 13.6. The van der Waals surface area contributed by atoms with Crippen molar-refractivity contribution < 1.29 is 41.3 Å². The van der Waals surface area contributed by atoms with Crippen molar-refractivity contribution >= 4 is 49.9 Å². The van der Waals surface area contributed by atoms with Gasteiger partial charge in [0.25, 0.3) is 10.1 Å². The summed E-state index contributed by atoms with van der Waals surface area (Å²) in [5, 5.41) is 5.45. The zero-order valence-electron chi connectivity index (χ0n) is 25.8. The number of hydrogen-bond acceptors (Lipinski definition) is 9. The first-order chi connectivity index (χ1) is 21.1. The maximum Gasteiger partial charge on any atom is 0.408 e. The standard InChI is InChI=1S/C31H40BrN3O9S/c1-6-19-15-31(19,28(38)42-5)34-26(36)24-14-22(44-45(40,41)23-9-7-20(32)8-10-23)16-35(24)27(37)25(30(2,3)4)33-29(39)43-21-12-17-11-18(17)13-21/h6-10,17-19,21-22,24-25H,1,11-16H2,2-5H3,(H,33,39)(H,34,36)/t17-,18+,19-,21?,22?,24+,25-,31-/m1/s1. The molecule has 0 aromatic heterocycles. The predicted molar refractivity (Wildman–Crippen MR) is 165 cm³/mol. The summed E-state index contributed by atoms with van der Waals surface area (Å²) in [6.07, 6.45) is 2.40. The van der Waals surface area contributed by atoms with E-state index in [9.17, 15) is 27.6 Å². The van der Waals surface area contributed by atoms with E-state index in [-0.39, 0.29) is 36.3 Å². The molecule has 0 radical (unpaired) electrons. The van der Waals surface area contributed by atoms with Gasteiger partial charge in [0.15, 0.2) is 0 Å². The number of halogens is 1. The number of amides is 3. The smallest absolute Gasteiger partial charge is 0.408 e. The first-order valence-electron chi connectivity index (χ1n) is 15.1. The normalized spacial score (nSPS) is 30.9. The van der Waals surface area contributed by atoms with E-state index in [4.69, 9.17) is 13.7 Å². The molecular weight excluding hydrogens is 670 g/mol. The number of esters is 1. The van der Waals surface area contributed by atoms with Crippen LogP contribution in [-0.2, 0) is 38.2 Å². The van der Waals surface area contributed by atoms with Crippen LogP contribution < -0.4 is 10.6 Å². The molecule has 1 aromatic carbocycles. The molecule has 2 unspecified atom stereocenters. The molecule has 1 aromatic rings. The lowest BCUT2D eigenvalue weighted by Crippen LogP contribution is -2.59. The number of methoxy groups -OCH3 is 1. The molecular formula is C31H40BrN3O9S. The first kappa shape index (κ1) is 33.4. The highest BCUT2D eigenvalue weighted by molar-refractivity contribution is 9.10. The highest BCUT2D eigenvalue weighted by atomic mass is 79.9. The van der Waals surface area contributed by atoms with Crippen molar-refractivity contribution in [2.75, 3.05) is 13.7 Å². The number of ether oxygens (including phenoxy) is 2. The van der Waals surface area contributed by atoms with E-state index in [0.717, 1.165) is 19.3 Å². The molecule has 3 saturated carbocycles. The van der Waals surface area contributed by atoms with Crippen LogP contribution in [0.1, 0.15) is 52.9 Å². The summed E-state index contributed by atoms with van der Waals surface area (Å²) in [7, 11) is -3.05. The highest BCUT2D eigenvalue weighted by Crippen LogP contribution is 2.52. The third-order valence-electron chi connectivity index (χ3n) is 9.26. The van der Waals surface area contributed by atoms with Gasteiger partial charge >= 0.3 is 12.1 Å². The Bertz CT molecular complexity index is 1470. The Morgan fingerprint density at radius 3 is 2.27 bits per heavy atom. The average molecular weight is 711 g/mol. The molecule has 1 aliphatic heterocycles. The van der Waals surface area contributed by atoms with Crippen LogP contribution in [0.2, 0.25) is 0 Å². The number of likely N-dealkylation sites (tertiary alicyclic amines) is 1. The van der Waals surface area contributed by atoms with Gasteiger partial charge in [-0.3, -0.25) is 13.8 Å². The number of nitrogens with zero attached hydrogens (tertiary/aromatic N) is 1. The van der Waals surface area contributed by atoms with Crippen LogP contribution in [0.25, 0.3) is 0 Å². The van der Waals surface area contributed by atoms with Crippen molar-refractivity contribution in [2.45, 2.75) is 87.6 Å². The van der Waals surface area contributed by atoms with Gasteiger partial charge in [0, 0.05) is 23.4 Å². The van der Waals surface area contributed by atoms with E-state index in [1.807, 2.05) is 0 Å². The molecule has 1 heterocycles. The summed E-state index contributed by atoms with van der Waals surface area (Å²) in [5.41, 5.74) is -2.15. The molecule has 2 N–H and O–H groups in total. The lowest BCUT2D eigenvalue weighted by atomic mass is 9.85. The molecule has 45 heavy (non-hydrogen) atoms. The van der Waals surface area contributed by atoms with Gasteiger partial charge in [-0.15, -0.1) is 6.58 Å². The maximum absolute atomic E-state index is 14.2. The second-order valence-corrected chi connectivity index (χ2v) is 16.1. The molecule has 3 amide bonds. The van der Waals surface area contributed by atoms with Crippen LogP contribution in [0.5, 0.6) is 0 Å². The molecule has 12 nitrogen and oxygen atoms in total. The third kappa shape index (κ3) is 7.07. The van der Waals surface area contributed by atoms with Gasteiger partial charge in [-0.2, -0.15) is 8.42 Å². The molecule has 0 bridgehead atoms. The van der Waals surface area contributed by atoms with Gasteiger partial charge in [-0.05, 0) is 67.2 Å². The fourth-order valence-electron chi connectivity index (χ4n) is 6.56. The van der Waals surface area contributed by atoms with Crippen molar-refractivity contribution in [3.8, 4) is 0 Å². The number of rotatable bonds is 10. The molecule has 0 spiro atoms. The number of nitrogens with one attached hydrogen (secondary N) is 2. The van der Waals surface area contributed by atoms with Gasteiger partial charge in [-0.1, -0.05) is 42.8 Å². The molecule has 3 aliphatic carbocycles. The van der Waals surface area contributed by atoms with Crippen LogP contribution in [0, 0.1) is 23.2 Å². The largest absolute Gasteiger partial charge is 0.467 e. The van der Waals surface area contributed by atoms with Crippen LogP contribution in [-0.4, -0.2) is 80.7 Å². The van der Waals surface area contributed by atoms with Gasteiger partial charge in [0.1, 0.15) is 23.7 Å². The first-order valence-corrected chi connectivity index (χ1v) is 17.3. The second kappa shape index (κ2) is 12.3. The number of carbonyl (C=O) groups is 4. The minimum absolute atomic E-state index is 0.0885. The van der Waals surface area contributed by atoms with Crippen LogP contribution >= 0.6 is 15.9 Å². The van der Waals surface area contributed by atoms with E-state index in [1.165, 1.54) is 24.1 Å². The molecule has 4 fully saturated rings. The fraction of sp³-hybridized carbons (Fsp3) is 0.613. The SMILES string of the molecule is C=C[C@@H]1C[C@]1(NC(=O)[C@@H]1CC(OS(=O)(=O)c2ccc(Br)cc2)CN1C(=O)[C@@H](NC(=O)OC1C[C@@H]2C[C@@H]2C1)C(C)(C)C)C(=O)OC. The van der Waals surface area contributed by atoms with Crippen molar-refractivity contribution in [1.29, 1.82) is 0 Å². The average Bonchev–Trinajstić information content (AvgIpc) is 3.78. The van der Waals surface area contributed by atoms with Crippen LogP contribution in [0.4, 0.5) is 4.79 Å². The summed E-state index contributed by atoms with van der Waals surface area (Å²) < 4.78 is 43.1. The monoisotopic (exact) mass is 709 g/mol. The fourth-order valence-corrected chi connectivity index (χ4v) is 7.90. The lowest BCUT2D eigenvalue weighted by Gasteiger charge is -2.35. The minimum Gasteiger partial charge on any atom is -0.467 e. The number of benzene rings is 1. The minimum atomic E-state index is -4.26. The van der Waals surface area contributed by atoms with Crippen molar-refractivity contribution in [2.24, 2.45) is 23.2 Å². The Balaban J connectivity index is 1.37. The summed E-state index contributed by atoms with van der Waals surface area (Å²) >= 11 is 3.27. The van der Waals surface area contributed by atoms with E-state index >= 15 is 0 Å². The van der Waals surface area contributed by atoms with Crippen molar-refractivity contribution in [3.05, 3.63) is 41.4 Å². The van der Waals surface area contributed by atoms with Gasteiger partial charge in [0.2, 0.25) is 11.8 Å². The quantitative estimate of drug-likeness (QED) is 0.211. The predicted octanol–water partition coefficient (Wildman–Crippen LogP) is 3.30. The summed E-state index contributed by atoms with van der Waals surface area (Å²) in [5.74, 6) is -1.11. The Kier molecular flexibility index (Phi) is 9.15. The van der Waals surface area contributed by atoms with E-state index in [1.54, 1.807) is 39.0 Å². The topological polar surface area (TPSA) is 157 Å². The summed E-state index contributed by atoms with van der Waals surface area (Å²) in [6.45, 7) is 8.77. The van der Waals surface area contributed by atoms with E-state index in [0.29, 0.717) is 16.3 Å². The molecule has 1 saturated heterocycles. The Morgan fingerprint density at radius 1 is 1.07 bits per heavy atom. The summed E-state index contributed by atoms with van der Waals surface area (Å²) in [4.78, 5) is 54.8. The zero-order chi connectivity index (χ0) is 32.9. The Morgan fingerprint density at radius 2 is 1.71 bits per heavy atom. The van der Waals surface area contributed by atoms with Crippen LogP contribution in [0.3, 0.4) is 0 Å². The number of hydrogen-bond donors (Lipinski definition) is 2. The maximum atomic E-state index is 14.2. The number of carbonyl (C=O) groups excluding carboxylic acids is 4. The van der Waals surface area contributed by atoms with E-state index in [2.05, 4.69) is 33.1 Å². The van der Waals surface area contributed by atoms with Gasteiger partial charge in [-0.25, -0.2) is 9.59 Å². The Labute approximate surface area is 271 Å². The van der Waals surface area contributed by atoms with Crippen molar-refractivity contribution in [1.82, 2.24) is 15.5 Å². The zero-order valence-corrected chi connectivity index (χ0v) is 28.2.